The van der Waals surface area contributed by atoms with E-state index in [4.69, 9.17) is 0 Å². The molecule has 1 N–H and O–H groups in total. The first-order chi connectivity index (χ1) is 17.7. The molecule has 0 aliphatic carbocycles. The number of carbonyl (C=O) groups excluding carboxylic acids is 1. The van der Waals surface area contributed by atoms with Gasteiger partial charge in [-0.05, 0) is 54.7 Å². The molecule has 1 aliphatic rings. The number of pyridine rings is 1. The number of anilines is 1. The topological polar surface area (TPSA) is 54.3 Å². The van der Waals surface area contributed by atoms with E-state index >= 15 is 0 Å². The predicted molar refractivity (Wildman–Crippen MR) is 131 cm³/mol. The van der Waals surface area contributed by atoms with Gasteiger partial charge in [0.15, 0.2) is 0 Å². The maximum atomic E-state index is 13.8. The molecule has 5 nitrogen and oxygen atoms in total. The molecule has 1 aliphatic heterocycles. The van der Waals surface area contributed by atoms with E-state index in [9.17, 15) is 35.9 Å². The van der Waals surface area contributed by atoms with Crippen LogP contribution in [0, 0.1) is 6.92 Å². The molecule has 4 rings (SSSR count). The highest BCUT2D eigenvalue weighted by Crippen LogP contribution is 2.39. The van der Waals surface area contributed by atoms with Crippen LogP contribution < -0.4 is 10.9 Å². The molecule has 1 amide bonds. The van der Waals surface area contributed by atoms with Crippen LogP contribution in [0.25, 0.3) is 11.1 Å². The van der Waals surface area contributed by atoms with Gasteiger partial charge in [-0.15, -0.1) is 0 Å². The van der Waals surface area contributed by atoms with Gasteiger partial charge >= 0.3 is 12.4 Å². The van der Waals surface area contributed by atoms with Crippen LogP contribution in [0.2, 0.25) is 0 Å². The Balaban J connectivity index is 1.84. The standard InChI is InChI=1S/C27H25F6N3O2/c1-15-7-4-5-8-19(15)21-22-20(9-6-10-34-22)24(37)36(3)23(21)25(38)35(2)14-16-11-17(26(28,29)30)13-18(12-16)27(31,32)33/h4-5,7-8,11-13,34H,6,9-10,14H2,1-3H3. The second-order valence-electron chi connectivity index (χ2n) is 9.36. The first-order valence-corrected chi connectivity index (χ1v) is 11.8. The molecule has 0 atom stereocenters. The Hall–Kier alpha value is -3.76. The molecule has 0 bridgehead atoms. The summed E-state index contributed by atoms with van der Waals surface area (Å²) in [4.78, 5) is 28.0. The highest BCUT2D eigenvalue weighted by atomic mass is 19.4. The Labute approximate surface area is 214 Å². The van der Waals surface area contributed by atoms with Crippen LogP contribution in [0.4, 0.5) is 32.0 Å². The molecule has 0 saturated carbocycles. The lowest BCUT2D eigenvalue weighted by molar-refractivity contribution is -0.143. The van der Waals surface area contributed by atoms with Gasteiger partial charge in [0.2, 0.25) is 0 Å². The zero-order chi connectivity index (χ0) is 28.0. The molecule has 0 saturated heterocycles. The van der Waals surface area contributed by atoms with Crippen molar-refractivity contribution in [1.82, 2.24) is 9.47 Å². The van der Waals surface area contributed by atoms with Gasteiger partial charge in [-0.3, -0.25) is 9.59 Å². The van der Waals surface area contributed by atoms with Crippen molar-refractivity contribution in [2.24, 2.45) is 7.05 Å². The first kappa shape index (κ1) is 27.3. The van der Waals surface area contributed by atoms with Crippen molar-refractivity contribution in [2.75, 3.05) is 18.9 Å². The van der Waals surface area contributed by atoms with E-state index in [2.05, 4.69) is 5.32 Å². The summed E-state index contributed by atoms with van der Waals surface area (Å²) in [5.74, 6) is -0.719. The number of rotatable bonds is 4. The van der Waals surface area contributed by atoms with Crippen LogP contribution in [0.1, 0.15) is 44.7 Å². The number of aryl methyl sites for hydroxylation is 1. The molecule has 2 heterocycles. The number of nitrogens with zero attached hydrogens (tertiary/aromatic N) is 2. The summed E-state index contributed by atoms with van der Waals surface area (Å²) < 4.78 is 81.2. The third kappa shape index (κ3) is 5.14. The first-order valence-electron chi connectivity index (χ1n) is 11.8. The van der Waals surface area contributed by atoms with Crippen LogP contribution in [0.5, 0.6) is 0 Å². The van der Waals surface area contributed by atoms with Crippen LogP contribution in [-0.2, 0) is 32.4 Å². The SMILES string of the molecule is Cc1ccccc1-c1c2c(c(=O)n(C)c1C(=O)N(C)Cc1cc(C(F)(F)F)cc(C(F)(F)F)c1)CCCN2. The number of halogens is 6. The molecule has 2 aromatic carbocycles. The van der Waals surface area contributed by atoms with Gasteiger partial charge < -0.3 is 14.8 Å². The van der Waals surface area contributed by atoms with Gasteiger partial charge in [-0.2, -0.15) is 26.3 Å². The number of nitrogens with one attached hydrogen (secondary N) is 1. The lowest BCUT2D eigenvalue weighted by Gasteiger charge is -2.28. The molecule has 0 radical (unpaired) electrons. The second-order valence-corrected chi connectivity index (χ2v) is 9.36. The van der Waals surface area contributed by atoms with Gasteiger partial charge in [0.25, 0.3) is 11.5 Å². The van der Waals surface area contributed by atoms with Crippen LogP contribution in [0.15, 0.2) is 47.3 Å². The number of benzene rings is 2. The molecule has 38 heavy (non-hydrogen) atoms. The van der Waals surface area contributed by atoms with Crippen molar-refractivity contribution in [3.8, 4) is 11.1 Å². The van der Waals surface area contributed by atoms with E-state index < -0.39 is 35.9 Å². The van der Waals surface area contributed by atoms with Gasteiger partial charge in [0.1, 0.15) is 5.69 Å². The zero-order valence-corrected chi connectivity index (χ0v) is 20.8. The third-order valence-corrected chi connectivity index (χ3v) is 6.62. The lowest BCUT2D eigenvalue weighted by Crippen LogP contribution is -2.36. The number of carbonyl (C=O) groups is 1. The molecule has 1 aromatic heterocycles. The van der Waals surface area contributed by atoms with E-state index in [1.54, 1.807) is 12.1 Å². The quantitative estimate of drug-likeness (QED) is 0.414. The maximum Gasteiger partial charge on any atom is 0.416 e. The Bertz CT molecular complexity index is 1420. The largest absolute Gasteiger partial charge is 0.416 e. The van der Waals surface area contributed by atoms with E-state index in [0.29, 0.717) is 47.5 Å². The minimum atomic E-state index is -5.01. The molecule has 0 unspecified atom stereocenters. The Morgan fingerprint density at radius 3 is 2.21 bits per heavy atom. The maximum absolute atomic E-state index is 13.8. The van der Waals surface area contributed by atoms with Crippen molar-refractivity contribution >= 4 is 11.6 Å². The van der Waals surface area contributed by atoms with Crippen molar-refractivity contribution in [2.45, 2.75) is 38.7 Å². The second kappa shape index (κ2) is 9.85. The van der Waals surface area contributed by atoms with Crippen molar-refractivity contribution in [3.05, 3.63) is 86.3 Å². The monoisotopic (exact) mass is 537 g/mol. The van der Waals surface area contributed by atoms with Crippen molar-refractivity contribution in [1.29, 1.82) is 0 Å². The fourth-order valence-corrected chi connectivity index (χ4v) is 4.76. The number of hydrogen-bond acceptors (Lipinski definition) is 3. The highest BCUT2D eigenvalue weighted by molar-refractivity contribution is 6.03. The molecule has 202 valence electrons. The lowest BCUT2D eigenvalue weighted by atomic mass is 9.91. The summed E-state index contributed by atoms with van der Waals surface area (Å²) >= 11 is 0. The summed E-state index contributed by atoms with van der Waals surface area (Å²) in [5, 5.41) is 3.22. The van der Waals surface area contributed by atoms with Crippen LogP contribution in [-0.4, -0.2) is 29.0 Å². The average molecular weight is 538 g/mol. The van der Waals surface area contributed by atoms with Gasteiger partial charge in [0, 0.05) is 38.3 Å². The summed E-state index contributed by atoms with van der Waals surface area (Å²) in [5.41, 5.74) is -0.661. The smallest absolute Gasteiger partial charge is 0.384 e. The van der Waals surface area contributed by atoms with E-state index in [1.807, 2.05) is 19.1 Å². The average Bonchev–Trinajstić information content (AvgIpc) is 2.85. The van der Waals surface area contributed by atoms with E-state index in [-0.39, 0.29) is 22.9 Å². The normalized spacial score (nSPS) is 13.6. The summed E-state index contributed by atoms with van der Waals surface area (Å²) in [7, 11) is 2.71. The van der Waals surface area contributed by atoms with Crippen LogP contribution >= 0.6 is 0 Å². The molecular formula is C27H25F6N3O2. The van der Waals surface area contributed by atoms with Crippen molar-refractivity contribution in [3.63, 3.8) is 0 Å². The van der Waals surface area contributed by atoms with Gasteiger partial charge in [-0.1, -0.05) is 24.3 Å². The summed E-state index contributed by atoms with van der Waals surface area (Å²) in [6.45, 7) is 1.87. The van der Waals surface area contributed by atoms with E-state index in [0.717, 1.165) is 16.9 Å². The zero-order valence-electron chi connectivity index (χ0n) is 20.8. The number of amides is 1. The summed E-state index contributed by atoms with van der Waals surface area (Å²) in [6, 6.07) is 8.46. The minimum absolute atomic E-state index is 0.0111. The predicted octanol–water partition coefficient (Wildman–Crippen LogP) is 6.03. The number of aromatic nitrogens is 1. The van der Waals surface area contributed by atoms with E-state index in [1.165, 1.54) is 18.7 Å². The summed E-state index contributed by atoms with van der Waals surface area (Å²) in [6.07, 6.45) is -8.79. The number of alkyl halides is 6. The van der Waals surface area contributed by atoms with Crippen LogP contribution in [0.3, 0.4) is 0 Å². The Morgan fingerprint density at radius 1 is 1.03 bits per heavy atom. The molecule has 11 heteroatoms. The molecule has 0 fully saturated rings. The fourth-order valence-electron chi connectivity index (χ4n) is 4.76. The minimum Gasteiger partial charge on any atom is -0.384 e. The Kier molecular flexibility index (Phi) is 7.07. The molecule has 3 aromatic rings. The molecular weight excluding hydrogens is 512 g/mol. The van der Waals surface area contributed by atoms with Crippen molar-refractivity contribution < 1.29 is 31.1 Å². The Morgan fingerprint density at radius 2 is 1.63 bits per heavy atom. The number of hydrogen-bond donors (Lipinski definition) is 1. The fraction of sp³-hybridized carbons (Fsp3) is 0.333. The van der Waals surface area contributed by atoms with Gasteiger partial charge in [0.05, 0.1) is 16.8 Å². The molecule has 0 spiro atoms. The number of fused-ring (bicyclic) bond motifs is 1. The van der Waals surface area contributed by atoms with Gasteiger partial charge in [-0.25, -0.2) is 0 Å². The third-order valence-electron chi connectivity index (χ3n) is 6.62. The highest BCUT2D eigenvalue weighted by Gasteiger charge is 2.37.